The van der Waals surface area contributed by atoms with E-state index in [1.165, 1.54) is 0 Å². The average molecular weight is 278 g/mol. The van der Waals surface area contributed by atoms with Crippen LogP contribution in [0.2, 0.25) is 0 Å². The molecule has 0 saturated carbocycles. The van der Waals surface area contributed by atoms with Crippen LogP contribution in [-0.4, -0.2) is 25.1 Å². The summed E-state index contributed by atoms with van der Waals surface area (Å²) in [6, 6.07) is 7.17. The Balaban J connectivity index is 2.63. The fourth-order valence-corrected chi connectivity index (χ4v) is 1.44. The molecule has 1 aromatic rings. The molecule has 0 aliphatic rings. The van der Waals surface area contributed by atoms with E-state index in [2.05, 4.69) is 0 Å². The number of nitrogens with one attached hydrogen (secondary N) is 1. The number of nitrogens with two attached hydrogens (primary N) is 1. The topological polar surface area (TPSA) is 90.6 Å². The Hall–Kier alpha value is -2.34. The molecule has 108 valence electrons. The van der Waals surface area contributed by atoms with Crippen molar-refractivity contribution in [2.24, 2.45) is 5.84 Å². The third-order valence-corrected chi connectivity index (χ3v) is 2.33. The van der Waals surface area contributed by atoms with E-state index in [0.29, 0.717) is 12.4 Å². The van der Waals surface area contributed by atoms with Gasteiger partial charge >= 0.3 is 5.97 Å². The van der Waals surface area contributed by atoms with Gasteiger partial charge in [-0.15, -0.1) is 0 Å². The molecule has 0 bridgehead atoms. The normalized spacial score (nSPS) is 10.3. The maximum absolute atomic E-state index is 11.2. The Labute approximate surface area is 117 Å². The number of ether oxygens (including phenoxy) is 2. The molecule has 0 unspecified atom stereocenters. The van der Waals surface area contributed by atoms with Crippen LogP contribution in [0.3, 0.4) is 0 Å². The number of carbonyl (C=O) groups is 2. The molecular formula is C14H18N2O4. The molecule has 3 N–H and O–H groups in total. The van der Waals surface area contributed by atoms with Gasteiger partial charge in [-0.3, -0.25) is 15.0 Å². The minimum atomic E-state index is -0.421. The largest absolute Gasteiger partial charge is 0.483 e. The first-order valence-corrected chi connectivity index (χ1v) is 6.20. The predicted octanol–water partition coefficient (Wildman–Crippen LogP) is 1.02. The molecule has 0 heterocycles. The van der Waals surface area contributed by atoms with Crippen LogP contribution in [0.1, 0.15) is 18.9 Å². The van der Waals surface area contributed by atoms with Crippen LogP contribution in [0.4, 0.5) is 0 Å². The van der Waals surface area contributed by atoms with Crippen molar-refractivity contribution in [2.45, 2.75) is 13.3 Å². The van der Waals surface area contributed by atoms with Gasteiger partial charge in [0.05, 0.1) is 13.0 Å². The standard InChI is InChI=1S/C14H18N2O4/c1-2-19-14(18)9-5-7-11-6-3-4-8-12(11)20-10-13(17)16-15/h3-8H,2,9-10,15H2,1H3,(H,16,17). The van der Waals surface area contributed by atoms with Gasteiger partial charge in [0.15, 0.2) is 6.61 Å². The molecule has 0 atom stereocenters. The van der Waals surface area contributed by atoms with Gasteiger partial charge in [-0.25, -0.2) is 5.84 Å². The minimum absolute atomic E-state index is 0.167. The highest BCUT2D eigenvalue weighted by molar-refractivity contribution is 5.77. The van der Waals surface area contributed by atoms with Crippen LogP contribution in [0.15, 0.2) is 30.3 Å². The van der Waals surface area contributed by atoms with Crippen molar-refractivity contribution >= 4 is 18.0 Å². The van der Waals surface area contributed by atoms with Crippen molar-refractivity contribution in [3.63, 3.8) is 0 Å². The Kier molecular flexibility index (Phi) is 6.84. The zero-order chi connectivity index (χ0) is 14.8. The summed E-state index contributed by atoms with van der Waals surface area (Å²) in [5.74, 6) is 4.80. The first kappa shape index (κ1) is 15.7. The van der Waals surface area contributed by atoms with E-state index in [9.17, 15) is 9.59 Å². The number of esters is 1. The predicted molar refractivity (Wildman–Crippen MR) is 74.6 cm³/mol. The van der Waals surface area contributed by atoms with Crippen LogP contribution in [0.25, 0.3) is 6.08 Å². The summed E-state index contributed by atoms with van der Waals surface area (Å²) in [4.78, 5) is 22.2. The van der Waals surface area contributed by atoms with E-state index < -0.39 is 5.91 Å². The van der Waals surface area contributed by atoms with Crippen molar-refractivity contribution in [1.29, 1.82) is 0 Å². The molecule has 0 aliphatic heterocycles. The maximum Gasteiger partial charge on any atom is 0.309 e. The molecule has 1 rings (SSSR count). The number of hydrogen-bond donors (Lipinski definition) is 2. The summed E-state index contributed by atoms with van der Waals surface area (Å²) < 4.78 is 10.2. The Morgan fingerprint density at radius 3 is 2.80 bits per heavy atom. The molecule has 0 fully saturated rings. The molecule has 1 aromatic carbocycles. The van der Waals surface area contributed by atoms with Crippen LogP contribution in [0.5, 0.6) is 5.75 Å². The SMILES string of the molecule is CCOC(=O)CC=Cc1ccccc1OCC(=O)NN. The Bertz CT molecular complexity index is 486. The van der Waals surface area contributed by atoms with Gasteiger partial charge in [0.1, 0.15) is 5.75 Å². The highest BCUT2D eigenvalue weighted by Gasteiger charge is 2.04. The summed E-state index contributed by atoms with van der Waals surface area (Å²) in [6.45, 7) is 1.95. The third-order valence-electron chi connectivity index (χ3n) is 2.33. The van der Waals surface area contributed by atoms with Crippen LogP contribution in [0, 0.1) is 0 Å². The van der Waals surface area contributed by atoms with E-state index >= 15 is 0 Å². The van der Waals surface area contributed by atoms with Gasteiger partial charge in [-0.05, 0) is 13.0 Å². The van der Waals surface area contributed by atoms with Gasteiger partial charge in [-0.2, -0.15) is 0 Å². The summed E-state index contributed by atoms with van der Waals surface area (Å²) in [7, 11) is 0. The Morgan fingerprint density at radius 2 is 2.10 bits per heavy atom. The average Bonchev–Trinajstić information content (AvgIpc) is 2.46. The zero-order valence-corrected chi connectivity index (χ0v) is 11.3. The van der Waals surface area contributed by atoms with Gasteiger partial charge in [-0.1, -0.05) is 30.4 Å². The zero-order valence-electron chi connectivity index (χ0n) is 11.3. The van der Waals surface area contributed by atoms with Crippen molar-refractivity contribution in [3.8, 4) is 5.75 Å². The van der Waals surface area contributed by atoms with Crippen molar-refractivity contribution in [3.05, 3.63) is 35.9 Å². The molecule has 20 heavy (non-hydrogen) atoms. The van der Waals surface area contributed by atoms with Crippen LogP contribution < -0.4 is 16.0 Å². The number of benzene rings is 1. The summed E-state index contributed by atoms with van der Waals surface area (Å²) in [5, 5.41) is 0. The first-order valence-electron chi connectivity index (χ1n) is 6.20. The van der Waals surface area contributed by atoms with Gasteiger partial charge in [0, 0.05) is 5.56 Å². The second-order valence-corrected chi connectivity index (χ2v) is 3.81. The molecule has 0 saturated heterocycles. The smallest absolute Gasteiger partial charge is 0.309 e. The lowest BCUT2D eigenvalue weighted by Gasteiger charge is -2.08. The monoisotopic (exact) mass is 278 g/mol. The fourth-order valence-electron chi connectivity index (χ4n) is 1.44. The lowest BCUT2D eigenvalue weighted by molar-refractivity contribution is -0.142. The number of hydrogen-bond acceptors (Lipinski definition) is 5. The lowest BCUT2D eigenvalue weighted by Crippen LogP contribution is -2.34. The number of carbonyl (C=O) groups excluding carboxylic acids is 2. The van der Waals surface area contributed by atoms with E-state index in [-0.39, 0.29) is 19.0 Å². The van der Waals surface area contributed by atoms with Crippen molar-refractivity contribution in [1.82, 2.24) is 5.43 Å². The minimum Gasteiger partial charge on any atom is -0.483 e. The van der Waals surface area contributed by atoms with Gasteiger partial charge in [0.25, 0.3) is 5.91 Å². The molecule has 1 amide bonds. The highest BCUT2D eigenvalue weighted by atomic mass is 16.5. The number of para-hydroxylation sites is 1. The Morgan fingerprint density at radius 1 is 1.35 bits per heavy atom. The molecule has 0 radical (unpaired) electrons. The summed E-state index contributed by atoms with van der Waals surface area (Å²) in [5.41, 5.74) is 2.75. The van der Waals surface area contributed by atoms with Gasteiger partial charge < -0.3 is 9.47 Å². The fraction of sp³-hybridized carbons (Fsp3) is 0.286. The van der Waals surface area contributed by atoms with Crippen LogP contribution >= 0.6 is 0 Å². The van der Waals surface area contributed by atoms with Crippen LogP contribution in [-0.2, 0) is 14.3 Å². The maximum atomic E-state index is 11.2. The second kappa shape index (κ2) is 8.71. The molecule has 0 aliphatic carbocycles. The number of rotatable bonds is 7. The van der Waals surface area contributed by atoms with E-state index in [1.54, 1.807) is 31.2 Å². The molecular weight excluding hydrogens is 260 g/mol. The van der Waals surface area contributed by atoms with Crippen molar-refractivity contribution < 1.29 is 19.1 Å². The number of amides is 1. The van der Waals surface area contributed by atoms with E-state index in [1.807, 2.05) is 17.6 Å². The summed E-state index contributed by atoms with van der Waals surface area (Å²) in [6.07, 6.45) is 3.61. The second-order valence-electron chi connectivity index (χ2n) is 3.81. The van der Waals surface area contributed by atoms with E-state index in [0.717, 1.165) is 5.56 Å². The summed E-state index contributed by atoms with van der Waals surface area (Å²) >= 11 is 0. The first-order chi connectivity index (χ1) is 9.67. The molecule has 6 nitrogen and oxygen atoms in total. The quantitative estimate of drug-likeness (QED) is 0.336. The van der Waals surface area contributed by atoms with E-state index in [4.69, 9.17) is 15.3 Å². The van der Waals surface area contributed by atoms with Gasteiger partial charge in [0.2, 0.25) is 0 Å². The lowest BCUT2D eigenvalue weighted by atomic mass is 10.2. The highest BCUT2D eigenvalue weighted by Crippen LogP contribution is 2.19. The number of hydrazine groups is 1. The van der Waals surface area contributed by atoms with Crippen molar-refractivity contribution in [2.75, 3.05) is 13.2 Å². The molecule has 0 aromatic heterocycles. The third kappa shape index (κ3) is 5.53. The molecule has 0 spiro atoms. The molecule has 6 heteroatoms.